The van der Waals surface area contributed by atoms with Crippen LogP contribution in [0.15, 0.2) is 30.3 Å². The van der Waals surface area contributed by atoms with Gasteiger partial charge in [0.1, 0.15) is 12.4 Å². The molecule has 0 spiro atoms. The van der Waals surface area contributed by atoms with E-state index in [0.29, 0.717) is 25.3 Å². The maximum atomic E-state index is 12.9. The minimum absolute atomic E-state index is 0.0308. The van der Waals surface area contributed by atoms with E-state index in [2.05, 4.69) is 15.3 Å². The van der Waals surface area contributed by atoms with E-state index >= 15 is 0 Å². The number of aromatic nitrogens is 2. The van der Waals surface area contributed by atoms with E-state index in [1.807, 2.05) is 14.0 Å². The minimum atomic E-state index is -0.310. The number of halogens is 1. The summed E-state index contributed by atoms with van der Waals surface area (Å²) in [4.78, 5) is 28.7. The van der Waals surface area contributed by atoms with Crippen molar-refractivity contribution in [3.63, 3.8) is 0 Å². The van der Waals surface area contributed by atoms with Crippen LogP contribution in [0.4, 0.5) is 4.39 Å². The molecule has 1 aliphatic rings. The van der Waals surface area contributed by atoms with Gasteiger partial charge in [0.15, 0.2) is 5.69 Å². The van der Waals surface area contributed by atoms with Gasteiger partial charge in [0.25, 0.3) is 5.91 Å². The van der Waals surface area contributed by atoms with Gasteiger partial charge in [0.05, 0.1) is 0 Å². The first-order valence-electron chi connectivity index (χ1n) is 8.96. The highest BCUT2D eigenvalue weighted by Gasteiger charge is 2.23. The quantitative estimate of drug-likeness (QED) is 0.850. The molecule has 1 aromatic carbocycles. The molecule has 27 heavy (non-hydrogen) atoms. The second kappa shape index (κ2) is 8.30. The number of hydrogen-bond acceptors (Lipinski definition) is 4. The maximum absolute atomic E-state index is 12.9. The molecule has 2 amide bonds. The standard InChI is InChI=1S/C19H24FN5O2/c1-14-11-17(19(27)24-9-7-23(2)8-10-24)22-25(14)13-18(26)21-12-15-3-5-16(20)6-4-15/h3-6,11H,7-10,12-13H2,1-2H3,(H,21,26). The smallest absolute Gasteiger partial charge is 0.274 e. The fourth-order valence-electron chi connectivity index (χ4n) is 2.94. The largest absolute Gasteiger partial charge is 0.350 e. The van der Waals surface area contributed by atoms with Gasteiger partial charge in [-0.3, -0.25) is 14.3 Å². The lowest BCUT2D eigenvalue weighted by atomic mass is 10.2. The highest BCUT2D eigenvalue weighted by atomic mass is 19.1. The van der Waals surface area contributed by atoms with Crippen molar-refractivity contribution in [2.75, 3.05) is 33.2 Å². The zero-order valence-electron chi connectivity index (χ0n) is 15.6. The van der Waals surface area contributed by atoms with Crippen molar-refractivity contribution in [1.29, 1.82) is 0 Å². The van der Waals surface area contributed by atoms with Crippen molar-refractivity contribution in [2.45, 2.75) is 20.0 Å². The van der Waals surface area contributed by atoms with Gasteiger partial charge < -0.3 is 15.1 Å². The molecule has 1 aromatic heterocycles. The third-order valence-corrected chi connectivity index (χ3v) is 4.69. The molecular formula is C19H24FN5O2. The number of amides is 2. The Balaban J connectivity index is 1.56. The summed E-state index contributed by atoms with van der Waals surface area (Å²) in [5, 5.41) is 7.09. The first kappa shape index (κ1) is 19.0. The highest BCUT2D eigenvalue weighted by Crippen LogP contribution is 2.09. The molecule has 1 fully saturated rings. The Bertz CT molecular complexity index is 810. The minimum Gasteiger partial charge on any atom is -0.350 e. The average molecular weight is 373 g/mol. The van der Waals surface area contributed by atoms with Crippen LogP contribution in [0, 0.1) is 12.7 Å². The van der Waals surface area contributed by atoms with Crippen molar-refractivity contribution in [1.82, 2.24) is 24.9 Å². The number of likely N-dealkylation sites (N-methyl/N-ethyl adjacent to an activating group) is 1. The van der Waals surface area contributed by atoms with Crippen molar-refractivity contribution in [2.24, 2.45) is 0 Å². The lowest BCUT2D eigenvalue weighted by molar-refractivity contribution is -0.122. The van der Waals surface area contributed by atoms with Crippen LogP contribution in [0.2, 0.25) is 0 Å². The summed E-state index contributed by atoms with van der Waals surface area (Å²) in [6, 6.07) is 7.68. The predicted octanol–water partition coefficient (Wildman–Crippen LogP) is 1.03. The molecule has 7 nitrogen and oxygen atoms in total. The molecule has 0 atom stereocenters. The van der Waals surface area contributed by atoms with Gasteiger partial charge in [-0.15, -0.1) is 0 Å². The van der Waals surface area contributed by atoms with Gasteiger partial charge in [0.2, 0.25) is 5.91 Å². The third-order valence-electron chi connectivity index (χ3n) is 4.69. The molecule has 8 heteroatoms. The molecule has 0 bridgehead atoms. The summed E-state index contributed by atoms with van der Waals surface area (Å²) in [6.45, 7) is 5.21. The van der Waals surface area contributed by atoms with Crippen LogP contribution < -0.4 is 5.32 Å². The molecule has 1 saturated heterocycles. The Hall–Kier alpha value is -2.74. The second-order valence-corrected chi connectivity index (χ2v) is 6.83. The molecule has 0 unspecified atom stereocenters. The second-order valence-electron chi connectivity index (χ2n) is 6.83. The lowest BCUT2D eigenvalue weighted by Gasteiger charge is -2.31. The van der Waals surface area contributed by atoms with Crippen molar-refractivity contribution >= 4 is 11.8 Å². The fourth-order valence-corrected chi connectivity index (χ4v) is 2.94. The van der Waals surface area contributed by atoms with Crippen molar-refractivity contribution in [3.8, 4) is 0 Å². The van der Waals surface area contributed by atoms with Gasteiger partial charge in [-0.25, -0.2) is 4.39 Å². The Kier molecular flexibility index (Phi) is 5.85. The first-order valence-corrected chi connectivity index (χ1v) is 8.96. The number of carbonyl (C=O) groups excluding carboxylic acids is 2. The van der Waals surface area contributed by atoms with Crippen LogP contribution >= 0.6 is 0 Å². The summed E-state index contributed by atoms with van der Waals surface area (Å²) in [5.74, 6) is -0.629. The van der Waals surface area contributed by atoms with Crippen LogP contribution in [0.1, 0.15) is 21.7 Å². The molecule has 0 saturated carbocycles. The van der Waals surface area contributed by atoms with Gasteiger partial charge in [-0.1, -0.05) is 12.1 Å². The first-order chi connectivity index (χ1) is 12.9. The van der Waals surface area contributed by atoms with Gasteiger partial charge in [0, 0.05) is 38.4 Å². The zero-order valence-corrected chi connectivity index (χ0v) is 15.6. The molecule has 3 rings (SSSR count). The topological polar surface area (TPSA) is 70.5 Å². The summed E-state index contributed by atoms with van der Waals surface area (Å²) in [7, 11) is 2.03. The van der Waals surface area contributed by atoms with Gasteiger partial charge in [-0.05, 0) is 37.7 Å². The van der Waals surface area contributed by atoms with Gasteiger partial charge in [-0.2, -0.15) is 5.10 Å². The molecule has 1 aliphatic heterocycles. The predicted molar refractivity (Wildman–Crippen MR) is 98.6 cm³/mol. The molecule has 0 aliphatic carbocycles. The molecule has 2 heterocycles. The van der Waals surface area contributed by atoms with Crippen molar-refractivity contribution < 1.29 is 14.0 Å². The Morgan fingerprint density at radius 2 is 1.81 bits per heavy atom. The highest BCUT2D eigenvalue weighted by molar-refractivity contribution is 5.92. The summed E-state index contributed by atoms with van der Waals surface area (Å²) < 4.78 is 14.4. The average Bonchev–Trinajstić information content (AvgIpc) is 3.02. The van der Waals surface area contributed by atoms with E-state index in [0.717, 1.165) is 24.3 Å². The summed E-state index contributed by atoms with van der Waals surface area (Å²) in [5.41, 5.74) is 1.93. The van der Waals surface area contributed by atoms with E-state index in [-0.39, 0.29) is 24.2 Å². The summed E-state index contributed by atoms with van der Waals surface area (Å²) >= 11 is 0. The van der Waals surface area contributed by atoms with E-state index < -0.39 is 0 Å². The maximum Gasteiger partial charge on any atom is 0.274 e. The zero-order chi connectivity index (χ0) is 19.4. The molecule has 0 radical (unpaired) electrons. The Morgan fingerprint density at radius 1 is 1.15 bits per heavy atom. The number of benzene rings is 1. The number of aryl methyl sites for hydroxylation is 1. The molecule has 144 valence electrons. The number of carbonyl (C=O) groups is 2. The monoisotopic (exact) mass is 373 g/mol. The molecule has 1 N–H and O–H groups in total. The van der Waals surface area contributed by atoms with E-state index in [1.54, 1.807) is 23.1 Å². The summed E-state index contributed by atoms with van der Waals surface area (Å²) in [6.07, 6.45) is 0. The fraction of sp³-hybridized carbons (Fsp3) is 0.421. The van der Waals surface area contributed by atoms with Crippen LogP contribution in [-0.4, -0.2) is 64.6 Å². The number of piperazine rings is 1. The third kappa shape index (κ3) is 4.91. The van der Waals surface area contributed by atoms with E-state index in [1.165, 1.54) is 16.8 Å². The number of hydrogen-bond donors (Lipinski definition) is 1. The van der Waals surface area contributed by atoms with Crippen LogP contribution in [0.5, 0.6) is 0 Å². The Morgan fingerprint density at radius 3 is 2.48 bits per heavy atom. The molecular weight excluding hydrogens is 349 g/mol. The lowest BCUT2D eigenvalue weighted by Crippen LogP contribution is -2.47. The SMILES string of the molecule is Cc1cc(C(=O)N2CCN(C)CC2)nn1CC(=O)NCc1ccc(F)cc1. The number of rotatable bonds is 5. The van der Waals surface area contributed by atoms with Crippen LogP contribution in [-0.2, 0) is 17.9 Å². The molecule has 2 aromatic rings. The van der Waals surface area contributed by atoms with E-state index in [4.69, 9.17) is 0 Å². The van der Waals surface area contributed by atoms with E-state index in [9.17, 15) is 14.0 Å². The number of nitrogens with zero attached hydrogens (tertiary/aromatic N) is 4. The van der Waals surface area contributed by atoms with Crippen LogP contribution in [0.25, 0.3) is 0 Å². The normalized spacial score (nSPS) is 15.0. The van der Waals surface area contributed by atoms with Crippen molar-refractivity contribution in [3.05, 3.63) is 53.1 Å². The number of nitrogens with one attached hydrogen (secondary N) is 1. The van der Waals surface area contributed by atoms with Gasteiger partial charge >= 0.3 is 0 Å². The van der Waals surface area contributed by atoms with Crippen LogP contribution in [0.3, 0.4) is 0 Å². The Labute approximate surface area is 157 Å².